The first-order valence-electron chi connectivity index (χ1n) is 8.28. The molecule has 1 saturated heterocycles. The van der Waals surface area contributed by atoms with E-state index in [-0.39, 0.29) is 17.7 Å². The van der Waals surface area contributed by atoms with Crippen molar-refractivity contribution in [3.05, 3.63) is 47.1 Å². The highest BCUT2D eigenvalue weighted by Crippen LogP contribution is 2.29. The van der Waals surface area contributed by atoms with Gasteiger partial charge < -0.3 is 9.42 Å². The molecule has 1 aromatic carbocycles. The van der Waals surface area contributed by atoms with E-state index in [2.05, 4.69) is 10.1 Å². The normalized spacial score (nSPS) is 18.2. The number of hydrogen-bond donors (Lipinski definition) is 0. The number of benzene rings is 1. The van der Waals surface area contributed by atoms with Gasteiger partial charge in [-0.15, -0.1) is 0 Å². The Hall–Kier alpha value is -2.50. The Kier molecular flexibility index (Phi) is 4.74. The van der Waals surface area contributed by atoms with E-state index >= 15 is 0 Å². The fourth-order valence-corrected chi connectivity index (χ4v) is 3.08. The largest absolute Gasteiger partial charge is 0.340 e. The summed E-state index contributed by atoms with van der Waals surface area (Å²) in [6.45, 7) is 3.94. The number of aryl methyl sites for hydroxylation is 1. The van der Waals surface area contributed by atoms with Crippen molar-refractivity contribution in [2.75, 3.05) is 6.54 Å². The molecule has 3 rings (SSSR count). The molecule has 0 spiro atoms. The Morgan fingerprint density at radius 2 is 1.83 bits per heavy atom. The Labute approximate surface area is 140 Å². The molecule has 126 valence electrons. The lowest BCUT2D eigenvalue weighted by Gasteiger charge is -2.28. The van der Waals surface area contributed by atoms with Gasteiger partial charge in [0.25, 0.3) is 5.91 Å². The van der Waals surface area contributed by atoms with Crippen molar-refractivity contribution >= 4 is 11.7 Å². The maximum absolute atomic E-state index is 13.0. The summed E-state index contributed by atoms with van der Waals surface area (Å²) in [4.78, 5) is 30.5. The number of nitrogens with zero attached hydrogens (tertiary/aromatic N) is 3. The lowest BCUT2D eigenvalue weighted by Crippen LogP contribution is -2.35. The van der Waals surface area contributed by atoms with Crippen molar-refractivity contribution < 1.29 is 14.1 Å². The molecule has 1 fully saturated rings. The minimum Gasteiger partial charge on any atom is -0.340 e. The summed E-state index contributed by atoms with van der Waals surface area (Å²) in [5.74, 6) is 1.01. The van der Waals surface area contributed by atoms with Gasteiger partial charge in [-0.05, 0) is 31.9 Å². The van der Waals surface area contributed by atoms with Gasteiger partial charge >= 0.3 is 0 Å². The number of amides is 1. The first kappa shape index (κ1) is 16.4. The minimum absolute atomic E-state index is 0.0103. The zero-order chi connectivity index (χ0) is 17.1. The molecule has 1 unspecified atom stereocenters. The van der Waals surface area contributed by atoms with Crippen LogP contribution < -0.4 is 0 Å². The third-order valence-corrected chi connectivity index (χ3v) is 4.39. The molecule has 2 aromatic rings. The topological polar surface area (TPSA) is 76.3 Å². The van der Waals surface area contributed by atoms with E-state index in [0.29, 0.717) is 29.4 Å². The second-order valence-corrected chi connectivity index (χ2v) is 6.17. The van der Waals surface area contributed by atoms with Gasteiger partial charge in [0, 0.05) is 24.6 Å². The molecule has 0 radical (unpaired) electrons. The van der Waals surface area contributed by atoms with Crippen molar-refractivity contribution in [1.29, 1.82) is 0 Å². The SMILES string of the molecule is CC(=O)c1ccc(C(=O)N2CCCCCC2c2noc(C)n2)cc1. The Bertz CT molecular complexity index is 736. The number of aromatic nitrogens is 2. The molecular weight excluding hydrogens is 306 g/mol. The molecule has 1 atom stereocenters. The number of carbonyl (C=O) groups excluding carboxylic acids is 2. The van der Waals surface area contributed by atoms with E-state index in [1.54, 1.807) is 31.2 Å². The van der Waals surface area contributed by atoms with E-state index in [4.69, 9.17) is 4.52 Å². The second kappa shape index (κ2) is 6.95. The zero-order valence-corrected chi connectivity index (χ0v) is 14.0. The van der Waals surface area contributed by atoms with Crippen molar-refractivity contribution in [2.45, 2.75) is 45.6 Å². The number of carbonyl (C=O) groups is 2. The molecule has 0 N–H and O–H groups in total. The van der Waals surface area contributed by atoms with Crippen LogP contribution in [0, 0.1) is 6.92 Å². The minimum atomic E-state index is -0.162. The Morgan fingerprint density at radius 1 is 1.12 bits per heavy atom. The van der Waals surface area contributed by atoms with Gasteiger partial charge in [0.15, 0.2) is 11.6 Å². The molecule has 1 aliphatic rings. The van der Waals surface area contributed by atoms with Crippen molar-refractivity contribution in [3.63, 3.8) is 0 Å². The zero-order valence-electron chi connectivity index (χ0n) is 14.0. The first-order valence-corrected chi connectivity index (χ1v) is 8.28. The van der Waals surface area contributed by atoms with Crippen molar-refractivity contribution in [2.24, 2.45) is 0 Å². The van der Waals surface area contributed by atoms with Gasteiger partial charge in [-0.2, -0.15) is 4.98 Å². The lowest BCUT2D eigenvalue weighted by molar-refractivity contribution is 0.0670. The molecule has 1 aromatic heterocycles. The van der Waals surface area contributed by atoms with Crippen LogP contribution in [0.25, 0.3) is 0 Å². The maximum atomic E-state index is 13.0. The van der Waals surface area contributed by atoms with Gasteiger partial charge in [-0.25, -0.2) is 0 Å². The smallest absolute Gasteiger partial charge is 0.254 e. The Morgan fingerprint density at radius 3 is 2.46 bits per heavy atom. The van der Waals surface area contributed by atoms with Crippen LogP contribution in [0.2, 0.25) is 0 Å². The highest BCUT2D eigenvalue weighted by atomic mass is 16.5. The summed E-state index contributed by atoms with van der Waals surface area (Å²) >= 11 is 0. The standard InChI is InChI=1S/C18H21N3O3/c1-12(22)14-7-9-15(10-8-14)18(23)21-11-5-3-4-6-16(21)17-19-13(2)24-20-17/h7-10,16H,3-6,11H2,1-2H3. The van der Waals surface area contributed by atoms with Crippen LogP contribution in [0.1, 0.15) is 71.1 Å². The molecule has 1 amide bonds. The molecule has 2 heterocycles. The van der Waals surface area contributed by atoms with Gasteiger partial charge in [0.05, 0.1) is 6.04 Å². The third kappa shape index (κ3) is 3.37. The average molecular weight is 327 g/mol. The number of Topliss-reactive ketones (excluding diaryl/α,β-unsaturated/α-hetero) is 1. The molecular formula is C18H21N3O3. The van der Waals surface area contributed by atoms with E-state index in [9.17, 15) is 9.59 Å². The average Bonchev–Trinajstić information content (AvgIpc) is 2.86. The maximum Gasteiger partial charge on any atom is 0.254 e. The lowest BCUT2D eigenvalue weighted by atomic mass is 10.1. The van der Waals surface area contributed by atoms with Gasteiger partial charge in [0.2, 0.25) is 5.89 Å². The highest BCUT2D eigenvalue weighted by molar-refractivity contribution is 5.97. The summed E-state index contributed by atoms with van der Waals surface area (Å²) in [7, 11) is 0. The summed E-state index contributed by atoms with van der Waals surface area (Å²) in [6.07, 6.45) is 3.91. The van der Waals surface area contributed by atoms with Crippen LogP contribution in [-0.4, -0.2) is 33.3 Å². The number of hydrogen-bond acceptors (Lipinski definition) is 5. The predicted octanol–water partition coefficient (Wildman–Crippen LogP) is 3.34. The summed E-state index contributed by atoms with van der Waals surface area (Å²) in [5, 5.41) is 4.02. The fourth-order valence-electron chi connectivity index (χ4n) is 3.08. The van der Waals surface area contributed by atoms with Gasteiger partial charge in [0.1, 0.15) is 0 Å². The molecule has 1 aliphatic heterocycles. The van der Waals surface area contributed by atoms with Crippen LogP contribution in [0.5, 0.6) is 0 Å². The molecule has 0 saturated carbocycles. The van der Waals surface area contributed by atoms with E-state index in [1.165, 1.54) is 6.92 Å². The quantitative estimate of drug-likeness (QED) is 0.808. The van der Waals surface area contributed by atoms with Crippen LogP contribution in [-0.2, 0) is 0 Å². The first-order chi connectivity index (χ1) is 11.6. The summed E-state index contributed by atoms with van der Waals surface area (Å²) in [6, 6.07) is 6.65. The van der Waals surface area contributed by atoms with Crippen LogP contribution in [0.15, 0.2) is 28.8 Å². The van der Waals surface area contributed by atoms with E-state index in [0.717, 1.165) is 25.7 Å². The van der Waals surface area contributed by atoms with Gasteiger partial charge in [-0.1, -0.05) is 30.1 Å². The van der Waals surface area contributed by atoms with Crippen LogP contribution in [0.4, 0.5) is 0 Å². The molecule has 24 heavy (non-hydrogen) atoms. The molecule has 0 bridgehead atoms. The van der Waals surface area contributed by atoms with Crippen LogP contribution >= 0.6 is 0 Å². The van der Waals surface area contributed by atoms with E-state index < -0.39 is 0 Å². The highest BCUT2D eigenvalue weighted by Gasteiger charge is 2.30. The second-order valence-electron chi connectivity index (χ2n) is 6.17. The van der Waals surface area contributed by atoms with Crippen molar-refractivity contribution in [1.82, 2.24) is 15.0 Å². The Balaban J connectivity index is 1.88. The monoisotopic (exact) mass is 327 g/mol. The summed E-state index contributed by atoms with van der Waals surface area (Å²) in [5.41, 5.74) is 1.18. The van der Waals surface area contributed by atoms with Crippen molar-refractivity contribution in [3.8, 4) is 0 Å². The van der Waals surface area contributed by atoms with Gasteiger partial charge in [-0.3, -0.25) is 9.59 Å². The molecule has 0 aliphatic carbocycles. The predicted molar refractivity (Wildman–Crippen MR) is 87.7 cm³/mol. The molecule has 6 heteroatoms. The number of rotatable bonds is 3. The fraction of sp³-hybridized carbons (Fsp3) is 0.444. The number of likely N-dealkylation sites (tertiary alicyclic amines) is 1. The number of ketones is 1. The third-order valence-electron chi connectivity index (χ3n) is 4.39. The van der Waals surface area contributed by atoms with Crippen LogP contribution in [0.3, 0.4) is 0 Å². The summed E-state index contributed by atoms with van der Waals surface area (Å²) < 4.78 is 5.10. The van der Waals surface area contributed by atoms with E-state index in [1.807, 2.05) is 4.90 Å². The molecule has 6 nitrogen and oxygen atoms in total.